The Balaban J connectivity index is 1.85. The Kier molecular flexibility index (Phi) is 6.09. The maximum Gasteiger partial charge on any atom is 0.354 e. The molecule has 1 aromatic heterocycles. The number of sulfonamides is 1. The molecule has 12 heteroatoms. The highest BCUT2D eigenvalue weighted by molar-refractivity contribution is 7.89. The smallest absolute Gasteiger partial charge is 0.354 e. The van der Waals surface area contributed by atoms with Crippen LogP contribution in [0.25, 0.3) is 0 Å². The number of rotatable bonds is 8. The number of aryl methyl sites for hydroxylation is 1. The standard InChI is InChI=1S/C18H18N6O5S/c1-12-3-9-15(10-4-12)30(27,28)23-22-18-16(24(25)26)17(19-11-20-18)21-13-5-7-14(29-2)8-6-13/h3-11,23H,1-2H3,(H2,19,20,21,22). The van der Waals surface area contributed by atoms with Crippen LogP contribution in [-0.4, -0.2) is 30.4 Å². The van der Waals surface area contributed by atoms with Crippen LogP contribution in [0.5, 0.6) is 5.75 Å². The van der Waals surface area contributed by atoms with Crippen molar-refractivity contribution in [3.8, 4) is 5.75 Å². The molecule has 3 rings (SSSR count). The molecule has 0 radical (unpaired) electrons. The highest BCUT2D eigenvalue weighted by Crippen LogP contribution is 2.31. The molecule has 0 spiro atoms. The van der Waals surface area contributed by atoms with Gasteiger partial charge < -0.3 is 10.1 Å². The fourth-order valence-electron chi connectivity index (χ4n) is 2.44. The number of nitrogens with one attached hydrogen (secondary N) is 3. The van der Waals surface area contributed by atoms with Crippen LogP contribution in [0.1, 0.15) is 5.56 Å². The van der Waals surface area contributed by atoms with E-state index in [1.54, 1.807) is 36.4 Å². The third kappa shape index (κ3) is 4.79. The summed E-state index contributed by atoms with van der Waals surface area (Å²) in [5.41, 5.74) is 3.18. The number of hydrogen-bond donors (Lipinski definition) is 3. The summed E-state index contributed by atoms with van der Waals surface area (Å²) < 4.78 is 29.9. The minimum absolute atomic E-state index is 0.00566. The molecule has 0 aliphatic heterocycles. The molecule has 11 nitrogen and oxygen atoms in total. The van der Waals surface area contributed by atoms with Crippen LogP contribution in [0.2, 0.25) is 0 Å². The van der Waals surface area contributed by atoms with E-state index in [0.717, 1.165) is 11.9 Å². The average Bonchev–Trinajstić information content (AvgIpc) is 2.73. The van der Waals surface area contributed by atoms with Gasteiger partial charge in [0.15, 0.2) is 0 Å². The molecular formula is C18H18N6O5S. The zero-order valence-corrected chi connectivity index (χ0v) is 16.8. The van der Waals surface area contributed by atoms with Gasteiger partial charge in [0.05, 0.1) is 16.9 Å². The number of nitro groups is 1. The lowest BCUT2D eigenvalue weighted by atomic mass is 10.2. The lowest BCUT2D eigenvalue weighted by molar-refractivity contribution is -0.383. The summed E-state index contributed by atoms with van der Waals surface area (Å²) >= 11 is 0. The van der Waals surface area contributed by atoms with Gasteiger partial charge in [-0.05, 0) is 43.3 Å². The Bertz CT molecular complexity index is 1150. The van der Waals surface area contributed by atoms with Gasteiger partial charge in [-0.3, -0.25) is 15.5 Å². The monoisotopic (exact) mass is 430 g/mol. The van der Waals surface area contributed by atoms with Crippen LogP contribution in [0.3, 0.4) is 0 Å². The van der Waals surface area contributed by atoms with Crippen molar-refractivity contribution in [1.29, 1.82) is 0 Å². The van der Waals surface area contributed by atoms with Crippen molar-refractivity contribution in [2.45, 2.75) is 11.8 Å². The first kappa shape index (κ1) is 21.0. The molecule has 156 valence electrons. The van der Waals surface area contributed by atoms with E-state index in [4.69, 9.17) is 4.74 Å². The van der Waals surface area contributed by atoms with Crippen molar-refractivity contribution in [3.05, 3.63) is 70.5 Å². The molecule has 30 heavy (non-hydrogen) atoms. The van der Waals surface area contributed by atoms with Crippen LogP contribution in [0.4, 0.5) is 23.0 Å². The summed E-state index contributed by atoms with van der Waals surface area (Å²) in [6.45, 7) is 1.82. The highest BCUT2D eigenvalue weighted by Gasteiger charge is 2.25. The Labute approximate surface area is 172 Å². The normalized spacial score (nSPS) is 11.0. The Morgan fingerprint density at radius 3 is 2.23 bits per heavy atom. The Morgan fingerprint density at radius 2 is 1.63 bits per heavy atom. The molecule has 0 fully saturated rings. The average molecular weight is 430 g/mol. The third-order valence-electron chi connectivity index (χ3n) is 3.99. The van der Waals surface area contributed by atoms with E-state index in [9.17, 15) is 18.5 Å². The van der Waals surface area contributed by atoms with Gasteiger partial charge in [0, 0.05) is 5.69 Å². The molecule has 3 aromatic rings. The summed E-state index contributed by atoms with van der Waals surface area (Å²) in [6, 6.07) is 12.8. The SMILES string of the molecule is COc1ccc(Nc2ncnc(NNS(=O)(=O)c3ccc(C)cc3)c2[N+](=O)[O-])cc1. The zero-order valence-electron chi connectivity index (χ0n) is 16.0. The number of hydrazine groups is 1. The van der Waals surface area contributed by atoms with E-state index in [1.807, 2.05) is 6.92 Å². The predicted octanol–water partition coefficient (Wildman–Crippen LogP) is 2.75. The van der Waals surface area contributed by atoms with E-state index in [1.165, 1.54) is 19.2 Å². The summed E-state index contributed by atoms with van der Waals surface area (Å²) in [5.74, 6) is 0.185. The minimum atomic E-state index is -3.98. The third-order valence-corrected chi connectivity index (χ3v) is 5.26. The van der Waals surface area contributed by atoms with Gasteiger partial charge in [0.2, 0.25) is 11.6 Å². The molecule has 0 atom stereocenters. The fraction of sp³-hybridized carbons (Fsp3) is 0.111. The number of methoxy groups -OCH3 is 1. The lowest BCUT2D eigenvalue weighted by Crippen LogP contribution is -2.30. The van der Waals surface area contributed by atoms with Crippen LogP contribution in [0.15, 0.2) is 59.8 Å². The molecular weight excluding hydrogens is 412 g/mol. The first-order valence-electron chi connectivity index (χ1n) is 8.55. The van der Waals surface area contributed by atoms with Crippen LogP contribution < -0.4 is 20.3 Å². The highest BCUT2D eigenvalue weighted by atomic mass is 32.2. The van der Waals surface area contributed by atoms with Gasteiger partial charge in [-0.15, -0.1) is 4.83 Å². The van der Waals surface area contributed by atoms with Crippen molar-refractivity contribution in [3.63, 3.8) is 0 Å². The number of nitrogens with zero attached hydrogens (tertiary/aromatic N) is 3. The van der Waals surface area contributed by atoms with Crippen molar-refractivity contribution in [1.82, 2.24) is 14.8 Å². The van der Waals surface area contributed by atoms with Gasteiger partial charge >= 0.3 is 5.69 Å². The molecule has 0 unspecified atom stereocenters. The number of hydrogen-bond acceptors (Lipinski definition) is 9. The molecule has 0 saturated heterocycles. The van der Waals surface area contributed by atoms with E-state index in [2.05, 4.69) is 25.5 Å². The Hall–Kier alpha value is -3.77. The van der Waals surface area contributed by atoms with Gasteiger partial charge in [-0.2, -0.15) is 0 Å². The maximum absolute atomic E-state index is 12.4. The van der Waals surface area contributed by atoms with E-state index >= 15 is 0 Å². The molecule has 0 aliphatic carbocycles. The first-order chi connectivity index (χ1) is 14.3. The first-order valence-corrected chi connectivity index (χ1v) is 10.0. The molecule has 3 N–H and O–H groups in total. The summed E-state index contributed by atoms with van der Waals surface area (Å²) in [6.07, 6.45) is 1.07. The van der Waals surface area contributed by atoms with E-state index < -0.39 is 20.6 Å². The van der Waals surface area contributed by atoms with Gasteiger partial charge in [-0.25, -0.2) is 18.4 Å². The van der Waals surface area contributed by atoms with Gasteiger partial charge in [-0.1, -0.05) is 17.7 Å². The second-order valence-corrected chi connectivity index (χ2v) is 7.76. The minimum Gasteiger partial charge on any atom is -0.497 e. The van der Waals surface area contributed by atoms with Crippen molar-refractivity contribution >= 4 is 33.0 Å². The maximum atomic E-state index is 12.4. The second kappa shape index (κ2) is 8.71. The molecule has 0 aliphatic rings. The second-order valence-electron chi connectivity index (χ2n) is 6.07. The largest absolute Gasteiger partial charge is 0.497 e. The van der Waals surface area contributed by atoms with Crippen LogP contribution >= 0.6 is 0 Å². The number of aromatic nitrogens is 2. The summed E-state index contributed by atoms with van der Waals surface area (Å²) in [4.78, 5) is 20.7. The van der Waals surface area contributed by atoms with Crippen molar-refractivity contribution < 1.29 is 18.1 Å². The fourth-order valence-corrected chi connectivity index (χ4v) is 3.28. The zero-order chi connectivity index (χ0) is 21.7. The molecule has 1 heterocycles. The summed E-state index contributed by atoms with van der Waals surface area (Å²) in [7, 11) is -2.45. The molecule has 0 amide bonds. The molecule has 0 bridgehead atoms. The summed E-state index contributed by atoms with van der Waals surface area (Å²) in [5, 5.41) is 14.4. The van der Waals surface area contributed by atoms with Crippen molar-refractivity contribution in [2.24, 2.45) is 0 Å². The molecule has 2 aromatic carbocycles. The van der Waals surface area contributed by atoms with Gasteiger partial charge in [0.25, 0.3) is 10.0 Å². The Morgan fingerprint density at radius 1 is 1.00 bits per heavy atom. The molecule has 0 saturated carbocycles. The van der Waals surface area contributed by atoms with Crippen molar-refractivity contribution in [2.75, 3.05) is 17.9 Å². The number of ether oxygens (including phenoxy) is 1. The van der Waals surface area contributed by atoms with Gasteiger partial charge in [0.1, 0.15) is 12.1 Å². The topological polar surface area (TPSA) is 148 Å². The quantitative estimate of drug-likeness (QED) is 0.362. The lowest BCUT2D eigenvalue weighted by Gasteiger charge is -2.11. The predicted molar refractivity (Wildman–Crippen MR) is 110 cm³/mol. The van der Waals surface area contributed by atoms with E-state index in [-0.39, 0.29) is 16.5 Å². The number of anilines is 3. The van der Waals surface area contributed by atoms with Crippen LogP contribution in [-0.2, 0) is 10.0 Å². The van der Waals surface area contributed by atoms with E-state index in [0.29, 0.717) is 11.4 Å². The van der Waals surface area contributed by atoms with Crippen LogP contribution in [0, 0.1) is 17.0 Å². The number of benzene rings is 2.